The number of hydrogen-bond donors (Lipinski definition) is 0. The Hall–Kier alpha value is -1.21. The molecule has 1 aromatic carbocycles. The van der Waals surface area contributed by atoms with Gasteiger partial charge in [0.05, 0.1) is 0 Å². The van der Waals surface area contributed by atoms with Crippen molar-refractivity contribution in [3.8, 4) is 0 Å². The van der Waals surface area contributed by atoms with Crippen molar-refractivity contribution in [1.29, 1.82) is 0 Å². The third kappa shape index (κ3) is 3.74. The molecule has 0 fully saturated rings. The molecule has 0 aliphatic heterocycles. The predicted octanol–water partition coefficient (Wildman–Crippen LogP) is 4.25. The van der Waals surface area contributed by atoms with Crippen LogP contribution in [0.4, 0.5) is 0 Å². The van der Waals surface area contributed by atoms with Crippen LogP contribution in [0.2, 0.25) is 5.02 Å². The predicted molar refractivity (Wildman–Crippen MR) is 71.5 cm³/mol. The molecular weight excluding hydrogens is 218 g/mol. The summed E-state index contributed by atoms with van der Waals surface area (Å²) < 4.78 is 0. The van der Waals surface area contributed by atoms with E-state index >= 15 is 0 Å². The van der Waals surface area contributed by atoms with E-state index in [1.807, 2.05) is 18.2 Å². The highest BCUT2D eigenvalue weighted by atomic mass is 35.5. The third-order valence-corrected chi connectivity index (χ3v) is 2.75. The fourth-order valence-corrected chi connectivity index (χ4v) is 1.74. The largest absolute Gasteiger partial charge is 0.374 e. The van der Waals surface area contributed by atoms with Gasteiger partial charge in [-0.05, 0) is 30.2 Å². The molecule has 1 rings (SSSR count). The van der Waals surface area contributed by atoms with Gasteiger partial charge in [-0.15, -0.1) is 0 Å². The van der Waals surface area contributed by atoms with Gasteiger partial charge in [-0.1, -0.05) is 43.3 Å². The van der Waals surface area contributed by atoms with Crippen molar-refractivity contribution in [3.05, 3.63) is 59.3 Å². The maximum Gasteiger partial charge on any atom is 0.0423 e. The summed E-state index contributed by atoms with van der Waals surface area (Å²) >= 11 is 5.85. The minimum atomic E-state index is 0.781. The maximum absolute atomic E-state index is 5.85. The first-order valence-corrected chi connectivity index (χ1v) is 5.82. The van der Waals surface area contributed by atoms with E-state index in [4.69, 9.17) is 11.6 Å². The lowest BCUT2D eigenvalue weighted by Crippen LogP contribution is -2.16. The van der Waals surface area contributed by atoms with Crippen LogP contribution in [-0.2, 0) is 6.54 Å². The van der Waals surface area contributed by atoms with Crippen LogP contribution in [-0.4, -0.2) is 11.9 Å². The number of allylic oxidation sites excluding steroid dienone is 3. The number of nitrogens with zero attached hydrogens (tertiary/aromatic N) is 1. The summed E-state index contributed by atoms with van der Waals surface area (Å²) in [4.78, 5) is 2.23. The van der Waals surface area contributed by atoms with Gasteiger partial charge in [-0.25, -0.2) is 0 Å². The molecule has 0 N–H and O–H groups in total. The van der Waals surface area contributed by atoms with Crippen molar-refractivity contribution in [2.45, 2.75) is 19.9 Å². The molecule has 0 heterocycles. The normalized spacial score (nSPS) is 11.3. The lowest BCUT2D eigenvalue weighted by Gasteiger charge is -2.21. The second kappa shape index (κ2) is 6.39. The van der Waals surface area contributed by atoms with Gasteiger partial charge in [0.1, 0.15) is 0 Å². The summed E-state index contributed by atoms with van der Waals surface area (Å²) in [6.45, 7) is 6.77. The zero-order valence-electron chi connectivity index (χ0n) is 9.91. The standard InChI is InChI=1S/C14H18ClN/c1-4-6-14(5-2)16(3)11-12-7-9-13(15)10-8-12/h4,6-10H,1,5,11H2,2-3H3/b14-6+. The molecular formula is C14H18ClN. The van der Waals surface area contributed by atoms with Gasteiger partial charge >= 0.3 is 0 Å². The molecule has 0 aliphatic rings. The highest BCUT2D eigenvalue weighted by Gasteiger charge is 2.02. The second-order valence-electron chi connectivity index (χ2n) is 3.73. The number of hydrogen-bond acceptors (Lipinski definition) is 1. The smallest absolute Gasteiger partial charge is 0.0423 e. The Bertz CT molecular complexity index is 365. The van der Waals surface area contributed by atoms with Gasteiger partial charge in [0.15, 0.2) is 0 Å². The van der Waals surface area contributed by atoms with Crippen molar-refractivity contribution in [1.82, 2.24) is 4.90 Å². The van der Waals surface area contributed by atoms with Gasteiger partial charge in [0, 0.05) is 24.3 Å². The SMILES string of the molecule is C=C/C=C(\CC)N(C)Cc1ccc(Cl)cc1. The fourth-order valence-electron chi connectivity index (χ4n) is 1.62. The van der Waals surface area contributed by atoms with E-state index in [0.717, 1.165) is 18.0 Å². The Kier molecular flexibility index (Phi) is 5.13. The maximum atomic E-state index is 5.85. The molecule has 0 bridgehead atoms. The summed E-state index contributed by atoms with van der Waals surface area (Å²) in [6.07, 6.45) is 4.89. The molecule has 0 radical (unpaired) electrons. The topological polar surface area (TPSA) is 3.24 Å². The first-order chi connectivity index (χ1) is 7.67. The molecule has 16 heavy (non-hydrogen) atoms. The second-order valence-corrected chi connectivity index (χ2v) is 4.17. The minimum Gasteiger partial charge on any atom is -0.374 e. The van der Waals surface area contributed by atoms with Gasteiger partial charge < -0.3 is 4.90 Å². The number of benzene rings is 1. The van der Waals surface area contributed by atoms with E-state index in [2.05, 4.69) is 43.7 Å². The highest BCUT2D eigenvalue weighted by molar-refractivity contribution is 6.30. The summed E-state index contributed by atoms with van der Waals surface area (Å²) in [5.41, 5.74) is 2.54. The summed E-state index contributed by atoms with van der Waals surface area (Å²) in [7, 11) is 2.09. The van der Waals surface area contributed by atoms with Crippen molar-refractivity contribution in [2.24, 2.45) is 0 Å². The lowest BCUT2D eigenvalue weighted by atomic mass is 10.2. The van der Waals surface area contributed by atoms with Crippen LogP contribution in [0, 0.1) is 0 Å². The first-order valence-electron chi connectivity index (χ1n) is 5.44. The molecule has 0 atom stereocenters. The highest BCUT2D eigenvalue weighted by Crippen LogP contribution is 2.14. The average Bonchev–Trinajstić information content (AvgIpc) is 2.29. The van der Waals surface area contributed by atoms with Crippen molar-refractivity contribution < 1.29 is 0 Å². The first kappa shape index (κ1) is 12.9. The molecule has 0 aromatic heterocycles. The average molecular weight is 236 g/mol. The van der Waals surface area contributed by atoms with Gasteiger partial charge in [0.25, 0.3) is 0 Å². The lowest BCUT2D eigenvalue weighted by molar-refractivity contribution is 0.399. The van der Waals surface area contributed by atoms with E-state index in [9.17, 15) is 0 Å². The van der Waals surface area contributed by atoms with E-state index < -0.39 is 0 Å². The molecule has 1 nitrogen and oxygen atoms in total. The zero-order chi connectivity index (χ0) is 12.0. The van der Waals surface area contributed by atoms with Gasteiger partial charge in [-0.2, -0.15) is 0 Å². The summed E-state index contributed by atoms with van der Waals surface area (Å²) in [5.74, 6) is 0. The van der Waals surface area contributed by atoms with E-state index in [1.54, 1.807) is 0 Å². The molecule has 1 aromatic rings. The summed E-state index contributed by atoms with van der Waals surface area (Å²) in [6, 6.07) is 7.96. The molecule has 0 amide bonds. The molecule has 0 saturated heterocycles. The molecule has 86 valence electrons. The minimum absolute atomic E-state index is 0.781. The van der Waals surface area contributed by atoms with Crippen LogP contribution in [0.3, 0.4) is 0 Å². The Balaban J connectivity index is 2.69. The van der Waals surface area contributed by atoms with Crippen LogP contribution in [0.25, 0.3) is 0 Å². The third-order valence-electron chi connectivity index (χ3n) is 2.50. The van der Waals surface area contributed by atoms with Crippen LogP contribution in [0.15, 0.2) is 48.7 Å². The zero-order valence-corrected chi connectivity index (χ0v) is 10.7. The van der Waals surface area contributed by atoms with E-state index in [-0.39, 0.29) is 0 Å². The van der Waals surface area contributed by atoms with Crippen LogP contribution in [0.1, 0.15) is 18.9 Å². The van der Waals surface area contributed by atoms with E-state index in [1.165, 1.54) is 11.3 Å². The molecule has 0 aliphatic carbocycles. The number of rotatable bonds is 5. The fraction of sp³-hybridized carbons (Fsp3) is 0.286. The molecule has 2 heteroatoms. The Morgan fingerprint density at radius 1 is 1.38 bits per heavy atom. The Morgan fingerprint density at radius 2 is 2.00 bits per heavy atom. The van der Waals surface area contributed by atoms with Crippen LogP contribution in [0.5, 0.6) is 0 Å². The van der Waals surface area contributed by atoms with Gasteiger partial charge in [-0.3, -0.25) is 0 Å². The molecule has 0 spiro atoms. The summed E-state index contributed by atoms with van der Waals surface area (Å²) in [5, 5.41) is 0.781. The van der Waals surface area contributed by atoms with Crippen molar-refractivity contribution >= 4 is 11.6 Å². The van der Waals surface area contributed by atoms with Gasteiger partial charge in [0.2, 0.25) is 0 Å². The molecule has 0 saturated carbocycles. The Morgan fingerprint density at radius 3 is 2.50 bits per heavy atom. The van der Waals surface area contributed by atoms with Crippen LogP contribution >= 0.6 is 11.6 Å². The Labute approximate surface area is 103 Å². The molecule has 0 unspecified atom stereocenters. The van der Waals surface area contributed by atoms with Crippen molar-refractivity contribution in [2.75, 3.05) is 7.05 Å². The van der Waals surface area contributed by atoms with Crippen molar-refractivity contribution in [3.63, 3.8) is 0 Å². The van der Waals surface area contributed by atoms with Crippen LogP contribution < -0.4 is 0 Å². The quantitative estimate of drug-likeness (QED) is 0.690. The van der Waals surface area contributed by atoms with E-state index in [0.29, 0.717) is 0 Å². The monoisotopic (exact) mass is 235 g/mol. The number of halogens is 1.